The van der Waals surface area contributed by atoms with E-state index in [1.807, 2.05) is 0 Å². The molecule has 0 spiro atoms. The van der Waals surface area contributed by atoms with Crippen LogP contribution < -0.4 is 10.2 Å². The van der Waals surface area contributed by atoms with Gasteiger partial charge in [-0.2, -0.15) is 0 Å². The van der Waals surface area contributed by atoms with Crippen LogP contribution in [0.1, 0.15) is 0 Å². The van der Waals surface area contributed by atoms with Crippen LogP contribution in [0.3, 0.4) is 0 Å². The van der Waals surface area contributed by atoms with Crippen LogP contribution in [-0.4, -0.2) is 17.3 Å². The molecule has 0 saturated heterocycles. The van der Waals surface area contributed by atoms with Gasteiger partial charge in [0.2, 0.25) is 5.43 Å². The van der Waals surface area contributed by atoms with Gasteiger partial charge in [-0.05, 0) is 24.3 Å². The minimum absolute atomic E-state index is 0.00616. The zero-order valence-electron chi connectivity index (χ0n) is 10.0. The molecule has 19 heavy (non-hydrogen) atoms. The average molecular weight is 258 g/mol. The molecule has 0 aliphatic heterocycles. The molecule has 3 rings (SSSR count). The fourth-order valence-corrected chi connectivity index (χ4v) is 2.10. The second kappa shape index (κ2) is 3.91. The molecule has 3 aromatic rings. The molecule has 0 fully saturated rings. The Kier molecular flexibility index (Phi) is 2.35. The van der Waals surface area contributed by atoms with Crippen molar-refractivity contribution in [3.8, 4) is 17.2 Å². The third-order valence-electron chi connectivity index (χ3n) is 2.99. The standard InChI is InChI=1S/C14H10O5/c1-18-10-6-5-8(16)12-13(17)11-7(15)3-2-4-9(11)19-14(10)12/h2-6,15-16H,1H3. The molecule has 0 amide bonds. The van der Waals surface area contributed by atoms with E-state index in [0.29, 0.717) is 5.75 Å². The predicted molar refractivity (Wildman–Crippen MR) is 69.9 cm³/mol. The van der Waals surface area contributed by atoms with Crippen molar-refractivity contribution in [1.82, 2.24) is 0 Å². The van der Waals surface area contributed by atoms with Crippen molar-refractivity contribution in [2.75, 3.05) is 7.11 Å². The summed E-state index contributed by atoms with van der Waals surface area (Å²) < 4.78 is 10.7. The predicted octanol–water partition coefficient (Wildman–Crippen LogP) is 2.37. The first-order chi connectivity index (χ1) is 9.13. The van der Waals surface area contributed by atoms with Gasteiger partial charge in [-0.3, -0.25) is 4.79 Å². The van der Waals surface area contributed by atoms with E-state index in [2.05, 4.69) is 0 Å². The number of ether oxygens (including phenoxy) is 1. The third kappa shape index (κ3) is 1.52. The van der Waals surface area contributed by atoms with Gasteiger partial charge >= 0.3 is 0 Å². The number of methoxy groups -OCH3 is 1. The molecule has 5 nitrogen and oxygen atoms in total. The molecule has 1 heterocycles. The molecule has 5 heteroatoms. The van der Waals surface area contributed by atoms with Gasteiger partial charge in [0, 0.05) is 0 Å². The molecular weight excluding hydrogens is 248 g/mol. The second-order valence-corrected chi connectivity index (χ2v) is 4.07. The summed E-state index contributed by atoms with van der Waals surface area (Å²) in [6, 6.07) is 7.39. The Hall–Kier alpha value is -2.69. The van der Waals surface area contributed by atoms with Crippen molar-refractivity contribution >= 4 is 21.9 Å². The van der Waals surface area contributed by atoms with Gasteiger partial charge in [0.25, 0.3) is 0 Å². The van der Waals surface area contributed by atoms with E-state index in [1.165, 1.54) is 25.3 Å². The van der Waals surface area contributed by atoms with Gasteiger partial charge in [-0.25, -0.2) is 0 Å². The maximum absolute atomic E-state index is 12.4. The molecule has 0 atom stereocenters. The fourth-order valence-electron chi connectivity index (χ4n) is 2.10. The van der Waals surface area contributed by atoms with Crippen LogP contribution in [0.4, 0.5) is 0 Å². The molecule has 2 aromatic carbocycles. The molecule has 2 N–H and O–H groups in total. The van der Waals surface area contributed by atoms with E-state index in [0.717, 1.165) is 0 Å². The largest absolute Gasteiger partial charge is 0.507 e. The number of hydrogen-bond donors (Lipinski definition) is 2. The lowest BCUT2D eigenvalue weighted by molar-refractivity contribution is 0.409. The first-order valence-corrected chi connectivity index (χ1v) is 5.58. The lowest BCUT2D eigenvalue weighted by Gasteiger charge is -2.07. The Balaban J connectivity index is 2.65. The van der Waals surface area contributed by atoms with Crippen molar-refractivity contribution in [2.24, 2.45) is 0 Å². The fraction of sp³-hybridized carbons (Fsp3) is 0.0714. The molecule has 0 unspecified atom stereocenters. The number of hydrogen-bond acceptors (Lipinski definition) is 5. The molecule has 0 aliphatic carbocycles. The summed E-state index contributed by atoms with van der Waals surface area (Å²) in [5.41, 5.74) is -0.0993. The number of phenolic OH excluding ortho intramolecular Hbond substituents is 2. The Labute approximate surface area is 107 Å². The van der Waals surface area contributed by atoms with E-state index < -0.39 is 5.43 Å². The smallest absolute Gasteiger partial charge is 0.208 e. The summed E-state index contributed by atoms with van der Waals surface area (Å²) in [5, 5.41) is 19.6. The minimum atomic E-state index is -0.495. The molecule has 0 bridgehead atoms. The lowest BCUT2D eigenvalue weighted by atomic mass is 10.1. The van der Waals surface area contributed by atoms with Crippen molar-refractivity contribution in [2.45, 2.75) is 0 Å². The van der Waals surface area contributed by atoms with Gasteiger partial charge < -0.3 is 19.4 Å². The molecule has 1 aromatic heterocycles. The van der Waals surface area contributed by atoms with Gasteiger partial charge in [0.05, 0.1) is 7.11 Å². The number of rotatable bonds is 1. The summed E-state index contributed by atoms with van der Waals surface area (Å²) in [4.78, 5) is 12.4. The topological polar surface area (TPSA) is 79.9 Å². The molecule has 96 valence electrons. The summed E-state index contributed by atoms with van der Waals surface area (Å²) in [6.45, 7) is 0. The van der Waals surface area contributed by atoms with Crippen LogP contribution in [0.2, 0.25) is 0 Å². The number of fused-ring (bicyclic) bond motifs is 2. The Bertz CT molecular complexity index is 848. The second-order valence-electron chi connectivity index (χ2n) is 4.07. The van der Waals surface area contributed by atoms with Crippen molar-refractivity contribution in [1.29, 1.82) is 0 Å². The van der Waals surface area contributed by atoms with E-state index in [1.54, 1.807) is 12.1 Å². The van der Waals surface area contributed by atoms with Crippen LogP contribution in [0.5, 0.6) is 17.2 Å². The van der Waals surface area contributed by atoms with E-state index in [9.17, 15) is 15.0 Å². The van der Waals surface area contributed by atoms with E-state index in [4.69, 9.17) is 9.15 Å². The quantitative estimate of drug-likeness (QED) is 0.655. The first-order valence-electron chi connectivity index (χ1n) is 5.58. The number of benzene rings is 2. The van der Waals surface area contributed by atoms with Gasteiger partial charge in [0.1, 0.15) is 27.9 Å². The first kappa shape index (κ1) is 11.4. The van der Waals surface area contributed by atoms with E-state index >= 15 is 0 Å². The normalized spacial score (nSPS) is 11.0. The molecule has 0 saturated carbocycles. The summed E-state index contributed by atoms with van der Waals surface area (Å²) >= 11 is 0. The Morgan fingerprint density at radius 2 is 1.79 bits per heavy atom. The van der Waals surface area contributed by atoms with Crippen LogP contribution in [0.25, 0.3) is 21.9 Å². The highest BCUT2D eigenvalue weighted by atomic mass is 16.5. The highest BCUT2D eigenvalue weighted by Crippen LogP contribution is 2.34. The SMILES string of the molecule is COc1ccc(O)c2c(=O)c3c(O)cccc3oc12. The number of phenols is 2. The Morgan fingerprint density at radius 1 is 1.05 bits per heavy atom. The van der Waals surface area contributed by atoms with Gasteiger partial charge in [-0.15, -0.1) is 0 Å². The minimum Gasteiger partial charge on any atom is -0.507 e. The van der Waals surface area contributed by atoms with Crippen LogP contribution in [0.15, 0.2) is 39.5 Å². The zero-order valence-corrected chi connectivity index (χ0v) is 10.0. The highest BCUT2D eigenvalue weighted by molar-refractivity contribution is 5.97. The zero-order chi connectivity index (χ0) is 13.6. The van der Waals surface area contributed by atoms with Crippen molar-refractivity contribution < 1.29 is 19.4 Å². The van der Waals surface area contributed by atoms with E-state index in [-0.39, 0.29) is 33.4 Å². The summed E-state index contributed by atoms with van der Waals surface area (Å²) in [5.74, 6) is -0.0554. The van der Waals surface area contributed by atoms with Crippen LogP contribution in [-0.2, 0) is 0 Å². The molecule has 0 radical (unpaired) electrons. The van der Waals surface area contributed by atoms with Gasteiger partial charge in [-0.1, -0.05) is 6.07 Å². The average Bonchev–Trinajstić information content (AvgIpc) is 2.39. The summed E-state index contributed by atoms with van der Waals surface area (Å²) in [6.07, 6.45) is 0. The Morgan fingerprint density at radius 3 is 2.53 bits per heavy atom. The third-order valence-corrected chi connectivity index (χ3v) is 2.99. The van der Waals surface area contributed by atoms with Crippen LogP contribution >= 0.6 is 0 Å². The highest BCUT2D eigenvalue weighted by Gasteiger charge is 2.17. The maximum atomic E-state index is 12.4. The molecule has 0 aliphatic rings. The summed E-state index contributed by atoms with van der Waals surface area (Å²) in [7, 11) is 1.44. The lowest BCUT2D eigenvalue weighted by Crippen LogP contribution is -2.03. The van der Waals surface area contributed by atoms with Crippen molar-refractivity contribution in [3.05, 3.63) is 40.6 Å². The van der Waals surface area contributed by atoms with Crippen LogP contribution in [0, 0.1) is 0 Å². The molecular formula is C14H10O5. The monoisotopic (exact) mass is 258 g/mol. The van der Waals surface area contributed by atoms with Crippen molar-refractivity contribution in [3.63, 3.8) is 0 Å². The van der Waals surface area contributed by atoms with Gasteiger partial charge in [0.15, 0.2) is 11.3 Å². The number of aromatic hydroxyl groups is 2. The maximum Gasteiger partial charge on any atom is 0.208 e.